The van der Waals surface area contributed by atoms with Crippen LogP contribution in [0.15, 0.2) is 0 Å². The molecular weight excluding hydrogens is 108 g/mol. The highest BCUT2D eigenvalue weighted by atomic mass is 13.9. The van der Waals surface area contributed by atoms with Crippen molar-refractivity contribution in [1.29, 1.82) is 0 Å². The standard InChI is InChI=1S/C9H12/c1-4-7-9(6-3)8-5-2/h9H,6H2,1-3H3. The van der Waals surface area contributed by atoms with Crippen LogP contribution in [-0.4, -0.2) is 0 Å². The second-order valence-electron chi connectivity index (χ2n) is 1.75. The van der Waals surface area contributed by atoms with E-state index in [0.29, 0.717) is 5.92 Å². The van der Waals surface area contributed by atoms with E-state index in [1.807, 2.05) is 13.8 Å². The molecular formula is C9H12. The van der Waals surface area contributed by atoms with E-state index in [-0.39, 0.29) is 0 Å². The van der Waals surface area contributed by atoms with E-state index < -0.39 is 0 Å². The van der Waals surface area contributed by atoms with E-state index in [1.54, 1.807) is 0 Å². The third-order valence-electron chi connectivity index (χ3n) is 1.05. The summed E-state index contributed by atoms with van der Waals surface area (Å²) in [6.45, 7) is 5.79. The second kappa shape index (κ2) is 5.26. The third kappa shape index (κ3) is 3.68. The van der Waals surface area contributed by atoms with Gasteiger partial charge < -0.3 is 0 Å². The Morgan fingerprint density at radius 3 is 1.78 bits per heavy atom. The minimum atomic E-state index is 0.292. The van der Waals surface area contributed by atoms with Crippen LogP contribution in [0.25, 0.3) is 0 Å². The molecule has 0 unspecified atom stereocenters. The van der Waals surface area contributed by atoms with Crippen molar-refractivity contribution >= 4 is 0 Å². The van der Waals surface area contributed by atoms with Crippen molar-refractivity contribution in [3.05, 3.63) is 0 Å². The van der Waals surface area contributed by atoms with Crippen molar-refractivity contribution in [3.63, 3.8) is 0 Å². The summed E-state index contributed by atoms with van der Waals surface area (Å²) in [5.74, 6) is 12.0. The van der Waals surface area contributed by atoms with Gasteiger partial charge in [-0.1, -0.05) is 18.8 Å². The molecule has 48 valence electrons. The first-order valence-corrected chi connectivity index (χ1v) is 3.19. The van der Waals surface area contributed by atoms with Gasteiger partial charge in [0, 0.05) is 0 Å². The van der Waals surface area contributed by atoms with E-state index in [0.717, 1.165) is 6.42 Å². The summed E-state index contributed by atoms with van der Waals surface area (Å²) in [6, 6.07) is 0. The van der Waals surface area contributed by atoms with Gasteiger partial charge in [-0.15, -0.1) is 11.8 Å². The lowest BCUT2D eigenvalue weighted by Gasteiger charge is -1.92. The molecule has 0 heterocycles. The molecule has 0 saturated carbocycles. The van der Waals surface area contributed by atoms with Crippen molar-refractivity contribution in [2.75, 3.05) is 0 Å². The Hall–Kier alpha value is -0.880. The van der Waals surface area contributed by atoms with Crippen molar-refractivity contribution in [2.24, 2.45) is 5.92 Å². The molecule has 0 rings (SSSR count). The van der Waals surface area contributed by atoms with E-state index >= 15 is 0 Å². The number of hydrogen-bond acceptors (Lipinski definition) is 0. The summed E-state index contributed by atoms with van der Waals surface area (Å²) >= 11 is 0. The van der Waals surface area contributed by atoms with E-state index in [4.69, 9.17) is 0 Å². The van der Waals surface area contributed by atoms with Crippen LogP contribution in [0.4, 0.5) is 0 Å². The maximum atomic E-state index is 3.01. The highest BCUT2D eigenvalue weighted by Gasteiger charge is 1.91. The Labute approximate surface area is 57.7 Å². The Balaban J connectivity index is 3.88. The minimum absolute atomic E-state index is 0.292. The lowest BCUT2D eigenvalue weighted by Crippen LogP contribution is -1.88. The van der Waals surface area contributed by atoms with Crippen LogP contribution in [0.5, 0.6) is 0 Å². The van der Waals surface area contributed by atoms with Crippen LogP contribution in [0.3, 0.4) is 0 Å². The van der Waals surface area contributed by atoms with Gasteiger partial charge in [0.05, 0.1) is 5.92 Å². The zero-order chi connectivity index (χ0) is 7.11. The highest BCUT2D eigenvalue weighted by molar-refractivity contribution is 5.15. The van der Waals surface area contributed by atoms with Crippen LogP contribution in [0.1, 0.15) is 27.2 Å². The van der Waals surface area contributed by atoms with Crippen molar-refractivity contribution < 1.29 is 0 Å². The molecule has 0 aliphatic rings. The molecule has 0 radical (unpaired) electrons. The highest BCUT2D eigenvalue weighted by Crippen LogP contribution is 1.96. The molecule has 0 bridgehead atoms. The first kappa shape index (κ1) is 8.12. The molecule has 0 heteroatoms. The average molecular weight is 120 g/mol. The van der Waals surface area contributed by atoms with E-state index in [1.165, 1.54) is 0 Å². The average Bonchev–Trinajstić information content (AvgIpc) is 1.88. The molecule has 0 aromatic rings. The molecule has 9 heavy (non-hydrogen) atoms. The van der Waals surface area contributed by atoms with Crippen molar-refractivity contribution in [2.45, 2.75) is 27.2 Å². The fourth-order valence-corrected chi connectivity index (χ4v) is 0.589. The maximum absolute atomic E-state index is 3.01. The van der Waals surface area contributed by atoms with E-state index in [9.17, 15) is 0 Å². The monoisotopic (exact) mass is 120 g/mol. The molecule has 0 aromatic heterocycles. The third-order valence-corrected chi connectivity index (χ3v) is 1.05. The Kier molecular flexibility index (Phi) is 4.75. The fourth-order valence-electron chi connectivity index (χ4n) is 0.589. The Morgan fingerprint density at radius 1 is 1.11 bits per heavy atom. The van der Waals surface area contributed by atoms with Gasteiger partial charge in [-0.25, -0.2) is 0 Å². The largest absolute Gasteiger partial charge is 0.105 e. The van der Waals surface area contributed by atoms with Gasteiger partial charge in [-0.2, -0.15) is 0 Å². The van der Waals surface area contributed by atoms with Gasteiger partial charge in [0.1, 0.15) is 0 Å². The summed E-state index contributed by atoms with van der Waals surface area (Å²) in [4.78, 5) is 0. The molecule has 0 fully saturated rings. The molecule has 0 saturated heterocycles. The summed E-state index contributed by atoms with van der Waals surface area (Å²) in [6.07, 6.45) is 1.03. The maximum Gasteiger partial charge on any atom is 0.0808 e. The molecule has 0 N–H and O–H groups in total. The van der Waals surface area contributed by atoms with Crippen molar-refractivity contribution in [3.8, 4) is 23.7 Å². The van der Waals surface area contributed by atoms with Crippen LogP contribution in [0, 0.1) is 29.6 Å². The molecule has 0 aliphatic carbocycles. The second-order valence-corrected chi connectivity index (χ2v) is 1.75. The summed E-state index contributed by atoms with van der Waals surface area (Å²) < 4.78 is 0. The molecule has 0 spiro atoms. The first-order chi connectivity index (χ1) is 4.35. The molecule has 0 amide bonds. The predicted molar refractivity (Wildman–Crippen MR) is 40.7 cm³/mol. The van der Waals surface area contributed by atoms with E-state index in [2.05, 4.69) is 30.6 Å². The van der Waals surface area contributed by atoms with Crippen molar-refractivity contribution in [1.82, 2.24) is 0 Å². The normalized spacial score (nSPS) is 7.11. The van der Waals surface area contributed by atoms with Crippen LogP contribution >= 0.6 is 0 Å². The summed E-state index contributed by atoms with van der Waals surface area (Å²) in [5.41, 5.74) is 0. The fraction of sp³-hybridized carbons (Fsp3) is 0.556. The number of hydrogen-bond donors (Lipinski definition) is 0. The zero-order valence-electron chi connectivity index (χ0n) is 6.28. The van der Waals surface area contributed by atoms with Crippen LogP contribution in [0.2, 0.25) is 0 Å². The Bertz CT molecular complexity index is 148. The van der Waals surface area contributed by atoms with Gasteiger partial charge >= 0.3 is 0 Å². The lowest BCUT2D eigenvalue weighted by atomic mass is 10.1. The molecule has 0 nitrogen and oxygen atoms in total. The summed E-state index contributed by atoms with van der Waals surface area (Å²) in [5, 5.41) is 0. The van der Waals surface area contributed by atoms with Gasteiger partial charge in [-0.05, 0) is 20.3 Å². The first-order valence-electron chi connectivity index (χ1n) is 3.19. The minimum Gasteiger partial charge on any atom is -0.105 e. The lowest BCUT2D eigenvalue weighted by molar-refractivity contribution is 0.826. The topological polar surface area (TPSA) is 0 Å². The Morgan fingerprint density at radius 2 is 1.56 bits per heavy atom. The van der Waals surface area contributed by atoms with Gasteiger partial charge in [-0.3, -0.25) is 0 Å². The summed E-state index contributed by atoms with van der Waals surface area (Å²) in [7, 11) is 0. The van der Waals surface area contributed by atoms with Gasteiger partial charge in [0.15, 0.2) is 0 Å². The predicted octanol–water partition coefficient (Wildman–Crippen LogP) is 2.06. The molecule has 0 aromatic carbocycles. The van der Waals surface area contributed by atoms with Crippen LogP contribution in [-0.2, 0) is 0 Å². The van der Waals surface area contributed by atoms with Crippen LogP contribution < -0.4 is 0 Å². The van der Waals surface area contributed by atoms with Gasteiger partial charge in [0.2, 0.25) is 0 Å². The van der Waals surface area contributed by atoms with Gasteiger partial charge in [0.25, 0.3) is 0 Å². The SMILES string of the molecule is CC#CC(C#CC)CC. The molecule has 0 atom stereocenters. The molecule has 0 aliphatic heterocycles. The smallest absolute Gasteiger partial charge is 0.0808 e. The zero-order valence-corrected chi connectivity index (χ0v) is 6.28. The number of rotatable bonds is 1. The quantitative estimate of drug-likeness (QED) is 0.465.